The van der Waals surface area contributed by atoms with E-state index in [9.17, 15) is 0 Å². The van der Waals surface area contributed by atoms with E-state index in [-0.39, 0.29) is 12.2 Å². The molecule has 26 heavy (non-hydrogen) atoms. The average Bonchev–Trinajstić information content (AvgIpc) is 3.43. The molecular formula is C20H28N2O4. The molecule has 4 N–H and O–H groups in total. The lowest BCUT2D eigenvalue weighted by Gasteiger charge is -2.30. The molecule has 4 unspecified atom stereocenters. The van der Waals surface area contributed by atoms with E-state index in [1.54, 1.807) is 0 Å². The maximum absolute atomic E-state index is 6.65. The summed E-state index contributed by atoms with van der Waals surface area (Å²) in [7, 11) is 0. The van der Waals surface area contributed by atoms with Crippen LogP contribution in [0.3, 0.4) is 0 Å². The fraction of sp³-hybridized carbons (Fsp3) is 0.700. The Hall–Kier alpha value is -1.02. The summed E-state index contributed by atoms with van der Waals surface area (Å²) in [6.45, 7) is 5.49. The lowest BCUT2D eigenvalue weighted by molar-refractivity contribution is 0.323. The average molecular weight is 360 g/mol. The molecule has 0 saturated carbocycles. The normalized spacial score (nSPS) is 31.8. The molecular weight excluding hydrogens is 332 g/mol. The third-order valence-electron chi connectivity index (χ3n) is 5.93. The summed E-state index contributed by atoms with van der Waals surface area (Å²) in [6.07, 6.45) is 4.50. The van der Waals surface area contributed by atoms with Gasteiger partial charge in [0.05, 0.1) is 56.5 Å². The first-order valence-electron chi connectivity index (χ1n) is 9.68. The maximum Gasteiger partial charge on any atom is 0.0928 e. The summed E-state index contributed by atoms with van der Waals surface area (Å²) in [5, 5.41) is 0. The minimum Gasteiger partial charge on any atom is -0.373 e. The number of rotatable bonds is 9. The minimum atomic E-state index is -0.891. The summed E-state index contributed by atoms with van der Waals surface area (Å²) in [5.41, 5.74) is 18.7. The highest BCUT2D eigenvalue weighted by Gasteiger charge is 2.39. The Labute approximate surface area is 154 Å². The van der Waals surface area contributed by atoms with Crippen molar-refractivity contribution in [3.05, 3.63) is 33.9 Å². The largest absolute Gasteiger partial charge is 0.373 e. The Balaban J connectivity index is 1.57. The van der Waals surface area contributed by atoms with Gasteiger partial charge in [0.25, 0.3) is 0 Å². The van der Waals surface area contributed by atoms with Crippen LogP contribution >= 0.6 is 0 Å². The smallest absolute Gasteiger partial charge is 0.0928 e. The van der Waals surface area contributed by atoms with Crippen LogP contribution in [-0.2, 0) is 43.9 Å². The molecule has 4 fully saturated rings. The van der Waals surface area contributed by atoms with Crippen molar-refractivity contribution in [2.45, 2.75) is 62.7 Å². The molecule has 0 aromatic heterocycles. The summed E-state index contributed by atoms with van der Waals surface area (Å²) in [6, 6.07) is 2.23. The fourth-order valence-corrected chi connectivity index (χ4v) is 4.02. The van der Waals surface area contributed by atoms with E-state index >= 15 is 0 Å². The monoisotopic (exact) mass is 360 g/mol. The van der Waals surface area contributed by atoms with Gasteiger partial charge in [-0.3, -0.25) is 0 Å². The first kappa shape index (κ1) is 17.1. The molecule has 6 heteroatoms. The van der Waals surface area contributed by atoms with Crippen LogP contribution in [-0.4, -0.2) is 50.8 Å². The van der Waals surface area contributed by atoms with E-state index in [1.165, 1.54) is 22.3 Å². The Morgan fingerprint density at radius 3 is 1.88 bits per heavy atom. The Morgan fingerprint density at radius 2 is 1.35 bits per heavy atom. The zero-order valence-electron chi connectivity index (χ0n) is 15.3. The quantitative estimate of drug-likeness (QED) is 0.496. The van der Waals surface area contributed by atoms with Crippen molar-refractivity contribution in [3.63, 3.8) is 0 Å². The number of hydrogen-bond acceptors (Lipinski definition) is 6. The van der Waals surface area contributed by atoms with Crippen molar-refractivity contribution < 1.29 is 18.9 Å². The molecule has 0 aliphatic carbocycles. The number of ether oxygens (including phenoxy) is 4. The molecule has 1 aromatic rings. The van der Waals surface area contributed by atoms with Crippen LogP contribution in [0.15, 0.2) is 6.07 Å². The second-order valence-electron chi connectivity index (χ2n) is 8.34. The topological polar surface area (TPSA) is 102 Å². The van der Waals surface area contributed by atoms with Crippen molar-refractivity contribution in [3.8, 4) is 0 Å². The van der Waals surface area contributed by atoms with E-state index in [0.717, 1.165) is 51.3 Å². The molecule has 4 aliphatic rings. The minimum absolute atomic E-state index is 0.182. The molecule has 4 saturated heterocycles. The summed E-state index contributed by atoms with van der Waals surface area (Å²) < 4.78 is 22.0. The molecule has 4 heterocycles. The van der Waals surface area contributed by atoms with Gasteiger partial charge in [-0.05, 0) is 34.7 Å². The lowest BCUT2D eigenvalue weighted by atomic mass is 9.81. The van der Waals surface area contributed by atoms with E-state index in [1.807, 2.05) is 0 Å². The molecule has 5 rings (SSSR count). The number of epoxide rings is 4. The highest BCUT2D eigenvalue weighted by atomic mass is 16.6. The molecule has 1 aromatic carbocycles. The van der Waals surface area contributed by atoms with Gasteiger partial charge in [0.2, 0.25) is 0 Å². The molecule has 142 valence electrons. The zero-order valence-corrected chi connectivity index (χ0v) is 15.3. The van der Waals surface area contributed by atoms with Crippen LogP contribution in [0.25, 0.3) is 0 Å². The Morgan fingerprint density at radius 1 is 0.846 bits per heavy atom. The molecule has 0 amide bonds. The number of benzene rings is 1. The second kappa shape index (κ2) is 6.26. The van der Waals surface area contributed by atoms with Crippen LogP contribution in [0.1, 0.15) is 34.2 Å². The predicted octanol–water partition coefficient (Wildman–Crippen LogP) is 0.678. The maximum atomic E-state index is 6.65. The third-order valence-corrected chi connectivity index (χ3v) is 5.93. The van der Waals surface area contributed by atoms with Crippen LogP contribution in [0.5, 0.6) is 0 Å². The van der Waals surface area contributed by atoms with Gasteiger partial charge in [0.15, 0.2) is 0 Å². The van der Waals surface area contributed by atoms with Crippen molar-refractivity contribution in [1.82, 2.24) is 0 Å². The van der Waals surface area contributed by atoms with Crippen molar-refractivity contribution >= 4 is 0 Å². The molecule has 4 aliphatic heterocycles. The van der Waals surface area contributed by atoms with Gasteiger partial charge in [-0.25, -0.2) is 0 Å². The SMILES string of the molecule is Cc1c(CC2CO2)cc(C(N)(N)CC2CO2)c(CC2CO2)c1CC1CO1. The van der Waals surface area contributed by atoms with Crippen LogP contribution in [0.2, 0.25) is 0 Å². The third kappa shape index (κ3) is 3.81. The summed E-state index contributed by atoms with van der Waals surface area (Å²) >= 11 is 0. The standard InChI is InChI=1S/C20H28N2O4/c1-11-12(2-13-7-23-13)3-19(20(21,22)6-16-10-26-16)18(5-15-9-25-15)17(11)4-14-8-24-14/h3,13-16H,2,4-10,21-22H2,1H3. The van der Waals surface area contributed by atoms with Gasteiger partial charge in [-0.2, -0.15) is 0 Å². The highest BCUT2D eigenvalue weighted by Crippen LogP contribution is 2.37. The molecule has 0 bridgehead atoms. The fourth-order valence-electron chi connectivity index (χ4n) is 4.02. The number of nitrogens with two attached hydrogens (primary N) is 2. The first-order valence-corrected chi connectivity index (χ1v) is 9.68. The predicted molar refractivity (Wildman–Crippen MR) is 95.9 cm³/mol. The van der Waals surface area contributed by atoms with Crippen molar-refractivity contribution in [2.75, 3.05) is 26.4 Å². The number of hydrogen-bond donors (Lipinski definition) is 2. The first-order chi connectivity index (χ1) is 12.5. The molecule has 0 spiro atoms. The lowest BCUT2D eigenvalue weighted by Crippen LogP contribution is -2.48. The van der Waals surface area contributed by atoms with E-state index < -0.39 is 5.66 Å². The van der Waals surface area contributed by atoms with Gasteiger partial charge < -0.3 is 30.4 Å². The van der Waals surface area contributed by atoms with Crippen LogP contribution in [0, 0.1) is 6.92 Å². The van der Waals surface area contributed by atoms with Gasteiger partial charge in [-0.1, -0.05) is 6.07 Å². The van der Waals surface area contributed by atoms with E-state index in [2.05, 4.69) is 13.0 Å². The second-order valence-corrected chi connectivity index (χ2v) is 8.34. The zero-order chi connectivity index (χ0) is 17.9. The van der Waals surface area contributed by atoms with Gasteiger partial charge in [0, 0.05) is 25.7 Å². The summed E-state index contributed by atoms with van der Waals surface area (Å²) in [4.78, 5) is 0. The Kier molecular flexibility index (Phi) is 4.12. The van der Waals surface area contributed by atoms with Gasteiger partial charge in [0.1, 0.15) is 0 Å². The molecule has 4 atom stereocenters. The van der Waals surface area contributed by atoms with Crippen molar-refractivity contribution in [1.29, 1.82) is 0 Å². The summed E-state index contributed by atoms with van der Waals surface area (Å²) in [5.74, 6) is 0. The van der Waals surface area contributed by atoms with Crippen LogP contribution in [0.4, 0.5) is 0 Å². The van der Waals surface area contributed by atoms with Crippen LogP contribution < -0.4 is 11.5 Å². The van der Waals surface area contributed by atoms with E-state index in [0.29, 0.717) is 18.6 Å². The highest BCUT2D eigenvalue weighted by molar-refractivity contribution is 5.50. The van der Waals surface area contributed by atoms with Gasteiger partial charge >= 0.3 is 0 Å². The Bertz CT molecular complexity index is 704. The van der Waals surface area contributed by atoms with Gasteiger partial charge in [-0.15, -0.1) is 0 Å². The molecule has 6 nitrogen and oxygen atoms in total. The van der Waals surface area contributed by atoms with E-state index in [4.69, 9.17) is 30.4 Å². The van der Waals surface area contributed by atoms with Crippen molar-refractivity contribution in [2.24, 2.45) is 11.5 Å². The molecule has 0 radical (unpaired) electrons.